The standard InChI is InChI=1S/C16H23N3O3/c1-17-15(20)11-21-14-8-16(22-10-14)5-7-19(12-16)9-13-4-2-3-6-18-13/h2-4,6,14H,5,7-12H2,1H3,(H,17,20)/t14-,16+/m1/s1. The number of amides is 1. The van der Waals surface area contributed by atoms with Crippen LogP contribution in [0.3, 0.4) is 0 Å². The highest BCUT2D eigenvalue weighted by molar-refractivity contribution is 5.76. The Balaban J connectivity index is 1.49. The van der Waals surface area contributed by atoms with Crippen LogP contribution in [0.4, 0.5) is 0 Å². The first-order valence-corrected chi connectivity index (χ1v) is 7.77. The van der Waals surface area contributed by atoms with Crippen LogP contribution < -0.4 is 5.32 Å². The molecule has 1 N–H and O–H groups in total. The molecule has 0 bridgehead atoms. The molecule has 6 nitrogen and oxygen atoms in total. The summed E-state index contributed by atoms with van der Waals surface area (Å²) in [5.41, 5.74) is 0.979. The monoisotopic (exact) mass is 305 g/mol. The van der Waals surface area contributed by atoms with Gasteiger partial charge in [-0.1, -0.05) is 6.07 Å². The van der Waals surface area contributed by atoms with Gasteiger partial charge in [-0.3, -0.25) is 14.7 Å². The number of pyridine rings is 1. The number of carbonyl (C=O) groups excluding carboxylic acids is 1. The molecule has 3 rings (SSSR count). The lowest BCUT2D eigenvalue weighted by molar-refractivity contribution is -0.127. The van der Waals surface area contributed by atoms with Gasteiger partial charge < -0.3 is 14.8 Å². The zero-order valence-electron chi connectivity index (χ0n) is 13.0. The van der Waals surface area contributed by atoms with E-state index in [9.17, 15) is 4.79 Å². The molecule has 2 aliphatic heterocycles. The Kier molecular flexibility index (Phi) is 4.71. The highest BCUT2D eigenvalue weighted by atomic mass is 16.6. The van der Waals surface area contributed by atoms with Crippen molar-refractivity contribution < 1.29 is 14.3 Å². The summed E-state index contributed by atoms with van der Waals surface area (Å²) in [7, 11) is 1.62. The molecule has 1 aromatic rings. The van der Waals surface area contributed by atoms with Crippen molar-refractivity contribution in [1.29, 1.82) is 0 Å². The maximum Gasteiger partial charge on any atom is 0.245 e. The molecule has 0 radical (unpaired) electrons. The molecule has 2 saturated heterocycles. The average molecular weight is 305 g/mol. The predicted octanol–water partition coefficient (Wildman–Crippen LogP) is 0.578. The van der Waals surface area contributed by atoms with E-state index in [1.165, 1.54) is 0 Å². The van der Waals surface area contributed by atoms with Gasteiger partial charge in [0.25, 0.3) is 0 Å². The average Bonchev–Trinajstić information content (AvgIpc) is 3.13. The summed E-state index contributed by atoms with van der Waals surface area (Å²) < 4.78 is 11.7. The lowest BCUT2D eigenvalue weighted by Crippen LogP contribution is -2.33. The fourth-order valence-electron chi connectivity index (χ4n) is 3.24. The van der Waals surface area contributed by atoms with E-state index in [2.05, 4.69) is 21.3 Å². The number of likely N-dealkylation sites (N-methyl/N-ethyl adjacent to an activating group) is 1. The van der Waals surface area contributed by atoms with Gasteiger partial charge in [0.2, 0.25) is 5.91 Å². The van der Waals surface area contributed by atoms with Gasteiger partial charge in [-0.05, 0) is 18.6 Å². The lowest BCUT2D eigenvalue weighted by atomic mass is 9.98. The Hall–Kier alpha value is -1.50. The molecule has 22 heavy (non-hydrogen) atoms. The number of nitrogens with one attached hydrogen (secondary N) is 1. The highest BCUT2D eigenvalue weighted by Gasteiger charge is 2.45. The maximum atomic E-state index is 11.2. The van der Waals surface area contributed by atoms with Crippen LogP contribution in [0, 0.1) is 0 Å². The minimum atomic E-state index is -0.109. The minimum Gasteiger partial charge on any atom is -0.371 e. The summed E-state index contributed by atoms with van der Waals surface area (Å²) in [6, 6.07) is 6.00. The third-order valence-electron chi connectivity index (χ3n) is 4.41. The van der Waals surface area contributed by atoms with Crippen LogP contribution in [0.1, 0.15) is 18.5 Å². The molecule has 0 saturated carbocycles. The van der Waals surface area contributed by atoms with Gasteiger partial charge in [0, 0.05) is 39.3 Å². The molecule has 0 aromatic carbocycles. The van der Waals surface area contributed by atoms with Gasteiger partial charge in [-0.2, -0.15) is 0 Å². The Bertz CT molecular complexity index is 511. The molecule has 1 aromatic heterocycles. The van der Waals surface area contributed by atoms with Crippen molar-refractivity contribution in [1.82, 2.24) is 15.2 Å². The summed E-state index contributed by atoms with van der Waals surface area (Å²) in [5.74, 6) is -0.0934. The van der Waals surface area contributed by atoms with Gasteiger partial charge >= 0.3 is 0 Å². The first kappa shape index (κ1) is 15.4. The molecule has 1 amide bonds. The largest absolute Gasteiger partial charge is 0.371 e. The highest BCUT2D eigenvalue weighted by Crippen LogP contribution is 2.36. The van der Waals surface area contributed by atoms with Crippen LogP contribution >= 0.6 is 0 Å². The lowest BCUT2D eigenvalue weighted by Gasteiger charge is -2.23. The number of rotatable bonds is 5. The van der Waals surface area contributed by atoms with Crippen LogP contribution in [-0.4, -0.2) is 60.8 Å². The van der Waals surface area contributed by atoms with Crippen LogP contribution in [0.15, 0.2) is 24.4 Å². The molecule has 0 unspecified atom stereocenters. The van der Waals surface area contributed by atoms with Gasteiger partial charge in [0.15, 0.2) is 0 Å². The number of likely N-dealkylation sites (tertiary alicyclic amines) is 1. The number of aromatic nitrogens is 1. The summed E-state index contributed by atoms with van der Waals surface area (Å²) in [5, 5.41) is 2.56. The summed E-state index contributed by atoms with van der Waals surface area (Å²) >= 11 is 0. The Morgan fingerprint density at radius 1 is 1.59 bits per heavy atom. The van der Waals surface area contributed by atoms with E-state index in [0.717, 1.165) is 38.2 Å². The quantitative estimate of drug-likeness (QED) is 0.862. The second-order valence-corrected chi connectivity index (χ2v) is 6.09. The fourth-order valence-corrected chi connectivity index (χ4v) is 3.24. The van der Waals surface area contributed by atoms with Gasteiger partial charge in [-0.25, -0.2) is 0 Å². The third kappa shape index (κ3) is 3.63. The zero-order valence-corrected chi connectivity index (χ0v) is 13.0. The Morgan fingerprint density at radius 2 is 2.50 bits per heavy atom. The van der Waals surface area contributed by atoms with E-state index in [4.69, 9.17) is 9.47 Å². The first-order valence-electron chi connectivity index (χ1n) is 7.77. The number of carbonyl (C=O) groups is 1. The molecular weight excluding hydrogens is 282 g/mol. The topological polar surface area (TPSA) is 63.7 Å². The SMILES string of the molecule is CNC(=O)CO[C@H]1CO[C@@]2(CCN(Cc3ccccn3)C2)C1. The van der Waals surface area contributed by atoms with Crippen LogP contribution in [0.2, 0.25) is 0 Å². The van der Waals surface area contributed by atoms with E-state index in [-0.39, 0.29) is 24.2 Å². The smallest absolute Gasteiger partial charge is 0.245 e. The second-order valence-electron chi connectivity index (χ2n) is 6.09. The van der Waals surface area contributed by atoms with Gasteiger partial charge in [0.05, 0.1) is 24.0 Å². The Labute approximate surface area is 130 Å². The summed E-state index contributed by atoms with van der Waals surface area (Å²) in [6.45, 7) is 3.46. The van der Waals surface area contributed by atoms with Crippen molar-refractivity contribution in [2.45, 2.75) is 31.1 Å². The van der Waals surface area contributed by atoms with E-state index in [1.54, 1.807) is 7.05 Å². The van der Waals surface area contributed by atoms with Crippen molar-refractivity contribution in [2.75, 3.05) is 33.4 Å². The first-order chi connectivity index (χ1) is 10.7. The molecule has 1 spiro atoms. The van der Waals surface area contributed by atoms with Crippen molar-refractivity contribution >= 4 is 5.91 Å². The zero-order chi connectivity index (χ0) is 15.4. The van der Waals surface area contributed by atoms with E-state index < -0.39 is 0 Å². The van der Waals surface area contributed by atoms with Crippen molar-refractivity contribution in [2.24, 2.45) is 0 Å². The molecule has 120 valence electrons. The van der Waals surface area contributed by atoms with Crippen molar-refractivity contribution in [3.63, 3.8) is 0 Å². The van der Waals surface area contributed by atoms with Crippen molar-refractivity contribution in [3.8, 4) is 0 Å². The number of nitrogens with zero attached hydrogens (tertiary/aromatic N) is 2. The van der Waals surface area contributed by atoms with E-state index >= 15 is 0 Å². The molecular formula is C16H23N3O3. The molecule has 2 fully saturated rings. The Morgan fingerprint density at radius 3 is 3.27 bits per heavy atom. The third-order valence-corrected chi connectivity index (χ3v) is 4.41. The van der Waals surface area contributed by atoms with E-state index in [0.29, 0.717) is 6.61 Å². The van der Waals surface area contributed by atoms with Gasteiger partial charge in [-0.15, -0.1) is 0 Å². The fraction of sp³-hybridized carbons (Fsp3) is 0.625. The van der Waals surface area contributed by atoms with E-state index in [1.807, 2.05) is 18.3 Å². The molecule has 2 atom stereocenters. The van der Waals surface area contributed by atoms with Crippen LogP contribution in [-0.2, 0) is 20.8 Å². The second kappa shape index (κ2) is 6.73. The predicted molar refractivity (Wildman–Crippen MR) is 81.2 cm³/mol. The molecule has 2 aliphatic rings. The van der Waals surface area contributed by atoms with Crippen molar-refractivity contribution in [3.05, 3.63) is 30.1 Å². The molecule has 0 aliphatic carbocycles. The maximum absolute atomic E-state index is 11.2. The molecule has 6 heteroatoms. The van der Waals surface area contributed by atoms with Crippen LogP contribution in [0.5, 0.6) is 0 Å². The molecule has 3 heterocycles. The van der Waals surface area contributed by atoms with Crippen LogP contribution in [0.25, 0.3) is 0 Å². The summed E-state index contributed by atoms with van der Waals surface area (Å²) in [4.78, 5) is 18.0. The van der Waals surface area contributed by atoms with Gasteiger partial charge in [0.1, 0.15) is 6.61 Å². The normalized spacial score (nSPS) is 28.3. The number of ether oxygens (including phenoxy) is 2. The number of hydrogen-bond acceptors (Lipinski definition) is 5. The minimum absolute atomic E-state index is 0.0205. The number of hydrogen-bond donors (Lipinski definition) is 1. The summed E-state index contributed by atoms with van der Waals surface area (Å²) in [6.07, 6.45) is 3.73.